The average molecular weight is 1160 g/mol. The first-order chi connectivity index (χ1) is 37.6. The average Bonchev–Trinajstić information content (AvgIpc) is 3.41. The second-order valence-electron chi connectivity index (χ2n) is 21.6. The van der Waals surface area contributed by atoms with Gasteiger partial charge in [-0.2, -0.15) is 0 Å². The summed E-state index contributed by atoms with van der Waals surface area (Å²) in [5.74, 6) is -1.43. The van der Waals surface area contributed by atoms with Crippen molar-refractivity contribution in [1.82, 2.24) is 0 Å². The molecular weight excluding hydrogens is 1040 g/mol. The van der Waals surface area contributed by atoms with Crippen LogP contribution in [0.15, 0.2) is 0 Å². The Morgan fingerprint density at radius 3 is 0.910 bits per heavy atom. The van der Waals surface area contributed by atoms with Crippen LogP contribution in [-0.4, -0.2) is 96.7 Å². The topological polar surface area (TPSA) is 237 Å². The third-order valence-electron chi connectivity index (χ3n) is 13.9. The first kappa shape index (κ1) is 76.1. The highest BCUT2D eigenvalue weighted by molar-refractivity contribution is 7.47. The first-order valence-corrected chi connectivity index (χ1v) is 34.2. The third kappa shape index (κ3) is 52.2. The molecule has 0 bridgehead atoms. The Hall–Kier alpha value is -1.94. The van der Waals surface area contributed by atoms with Crippen molar-refractivity contribution >= 4 is 39.5 Å². The van der Waals surface area contributed by atoms with Gasteiger partial charge >= 0.3 is 39.5 Å². The molecule has 462 valence electrons. The summed E-state index contributed by atoms with van der Waals surface area (Å²) in [5.41, 5.74) is 0. The number of ether oxygens (including phenoxy) is 4. The molecular formula is C59H114O17P2. The summed E-state index contributed by atoms with van der Waals surface area (Å²) in [4.78, 5) is 71.4. The molecule has 3 N–H and O–H groups in total. The largest absolute Gasteiger partial charge is 0.472 e. The molecule has 0 aliphatic rings. The maximum Gasteiger partial charge on any atom is 0.472 e. The molecule has 0 amide bonds. The second kappa shape index (κ2) is 53.1. The maximum atomic E-state index is 12.9. The molecule has 0 radical (unpaired) electrons. The van der Waals surface area contributed by atoms with E-state index in [-0.39, 0.29) is 25.7 Å². The van der Waals surface area contributed by atoms with E-state index >= 15 is 0 Å². The Morgan fingerprint density at radius 1 is 0.359 bits per heavy atom. The number of aliphatic hydroxyl groups excluding tert-OH is 1. The van der Waals surface area contributed by atoms with Crippen molar-refractivity contribution in [3.05, 3.63) is 0 Å². The quantitative estimate of drug-likeness (QED) is 0.0222. The number of hydrogen-bond donors (Lipinski definition) is 3. The van der Waals surface area contributed by atoms with E-state index in [1.165, 1.54) is 103 Å². The fourth-order valence-corrected chi connectivity index (χ4v) is 10.2. The van der Waals surface area contributed by atoms with E-state index in [1.54, 1.807) is 0 Å². The van der Waals surface area contributed by atoms with Crippen molar-refractivity contribution in [1.29, 1.82) is 0 Å². The van der Waals surface area contributed by atoms with Crippen molar-refractivity contribution in [3.8, 4) is 0 Å². The number of phosphoric acid groups is 2. The highest BCUT2D eigenvalue weighted by Crippen LogP contribution is 2.45. The van der Waals surface area contributed by atoms with Crippen LogP contribution in [0.5, 0.6) is 0 Å². The van der Waals surface area contributed by atoms with Crippen LogP contribution in [0.3, 0.4) is 0 Å². The Morgan fingerprint density at radius 2 is 0.615 bits per heavy atom. The van der Waals surface area contributed by atoms with Crippen LogP contribution in [0.25, 0.3) is 0 Å². The monoisotopic (exact) mass is 1160 g/mol. The first-order valence-electron chi connectivity index (χ1n) is 31.2. The van der Waals surface area contributed by atoms with Crippen molar-refractivity contribution in [2.45, 2.75) is 310 Å². The molecule has 0 fully saturated rings. The molecule has 0 aromatic carbocycles. The minimum atomic E-state index is -4.94. The lowest BCUT2D eigenvalue weighted by atomic mass is 10.00. The summed E-state index contributed by atoms with van der Waals surface area (Å²) in [7, 11) is -9.86. The van der Waals surface area contributed by atoms with E-state index in [0.717, 1.165) is 109 Å². The molecule has 0 aliphatic heterocycles. The fourth-order valence-electron chi connectivity index (χ4n) is 8.67. The highest BCUT2D eigenvalue weighted by Gasteiger charge is 2.30. The predicted octanol–water partition coefficient (Wildman–Crippen LogP) is 15.8. The normalized spacial score (nSPS) is 14.7. The molecule has 17 nitrogen and oxygen atoms in total. The second-order valence-corrected chi connectivity index (χ2v) is 24.5. The number of esters is 4. The van der Waals surface area contributed by atoms with Crippen LogP contribution >= 0.6 is 15.6 Å². The van der Waals surface area contributed by atoms with Crippen LogP contribution in [0.1, 0.15) is 291 Å². The lowest BCUT2D eigenvalue weighted by Crippen LogP contribution is -2.30. The molecule has 0 saturated carbocycles. The number of hydrogen-bond acceptors (Lipinski definition) is 15. The van der Waals surface area contributed by atoms with Gasteiger partial charge in [0.15, 0.2) is 12.2 Å². The van der Waals surface area contributed by atoms with E-state index in [0.29, 0.717) is 25.7 Å². The zero-order chi connectivity index (χ0) is 57.8. The predicted molar refractivity (Wildman–Crippen MR) is 308 cm³/mol. The number of aliphatic hydroxyl groups is 1. The number of unbranched alkanes of at least 4 members (excludes halogenated alkanes) is 30. The molecule has 0 aromatic heterocycles. The van der Waals surface area contributed by atoms with Crippen molar-refractivity contribution < 1.29 is 80.2 Å². The minimum Gasteiger partial charge on any atom is -0.462 e. The molecule has 0 saturated heterocycles. The number of carbonyl (C=O) groups excluding carboxylic acids is 4. The smallest absolute Gasteiger partial charge is 0.462 e. The molecule has 0 heterocycles. The van der Waals surface area contributed by atoms with Gasteiger partial charge in [0.05, 0.1) is 26.4 Å². The van der Waals surface area contributed by atoms with E-state index in [2.05, 4.69) is 34.6 Å². The number of phosphoric ester groups is 2. The molecule has 3 unspecified atom stereocenters. The Labute approximate surface area is 473 Å². The lowest BCUT2D eigenvalue weighted by Gasteiger charge is -2.21. The summed E-state index contributed by atoms with van der Waals surface area (Å²) in [6, 6.07) is 0. The Bertz CT molecular complexity index is 1540. The summed E-state index contributed by atoms with van der Waals surface area (Å²) in [6.45, 7) is 6.93. The molecule has 0 aromatic rings. The summed E-state index contributed by atoms with van der Waals surface area (Å²) < 4.78 is 67.3. The highest BCUT2D eigenvalue weighted by atomic mass is 31.2. The van der Waals surface area contributed by atoms with Gasteiger partial charge in [0.25, 0.3) is 0 Å². The van der Waals surface area contributed by atoms with Gasteiger partial charge in [-0.25, -0.2) is 9.13 Å². The standard InChI is InChI=1S/C59H114O17P2/c1-6-10-13-16-17-18-19-20-21-22-23-24-25-26-27-28-35-40-45-59(64)76-55(49-70-57(62)43-38-34-30-29-33-36-41-52(5)9-4)51-74-78(67,68)72-47-53(60)46-71-77(65,66)73-50-54(75-58(63)44-39-32-15-12-8-3)48-69-56(61)42-37-31-14-11-7-2/h52-55,60H,6-51H2,1-5H3,(H,65,66)(H,67,68)/t52?,53-,54+,55+/m0/s1. The van der Waals surface area contributed by atoms with Crippen molar-refractivity contribution in [3.63, 3.8) is 0 Å². The summed E-state index contributed by atoms with van der Waals surface area (Å²) >= 11 is 0. The lowest BCUT2D eigenvalue weighted by molar-refractivity contribution is -0.161. The van der Waals surface area contributed by atoms with E-state index in [9.17, 15) is 43.2 Å². The van der Waals surface area contributed by atoms with E-state index in [1.807, 2.05) is 0 Å². The van der Waals surface area contributed by atoms with E-state index in [4.69, 9.17) is 37.0 Å². The zero-order valence-corrected chi connectivity index (χ0v) is 51.6. The van der Waals surface area contributed by atoms with Gasteiger partial charge in [0, 0.05) is 25.7 Å². The zero-order valence-electron chi connectivity index (χ0n) is 49.8. The van der Waals surface area contributed by atoms with Crippen LogP contribution in [0, 0.1) is 5.92 Å². The van der Waals surface area contributed by atoms with Crippen molar-refractivity contribution in [2.24, 2.45) is 5.92 Å². The minimum absolute atomic E-state index is 0.0987. The van der Waals surface area contributed by atoms with Crippen LogP contribution in [-0.2, 0) is 65.4 Å². The van der Waals surface area contributed by atoms with Gasteiger partial charge in [0.2, 0.25) is 0 Å². The summed E-state index contributed by atoms with van der Waals surface area (Å²) in [6.07, 6.45) is 35.7. The summed E-state index contributed by atoms with van der Waals surface area (Å²) in [5, 5.41) is 10.5. The molecule has 0 spiro atoms. The van der Waals surface area contributed by atoms with Crippen LogP contribution < -0.4 is 0 Å². The Balaban J connectivity index is 5.08. The number of carbonyl (C=O) groups is 4. The van der Waals surface area contributed by atoms with E-state index < -0.39 is 97.5 Å². The van der Waals surface area contributed by atoms with Gasteiger partial charge in [-0.15, -0.1) is 0 Å². The van der Waals surface area contributed by atoms with Crippen LogP contribution in [0.2, 0.25) is 0 Å². The Kier molecular flexibility index (Phi) is 51.8. The fraction of sp³-hybridized carbons (Fsp3) is 0.932. The van der Waals surface area contributed by atoms with Crippen molar-refractivity contribution in [2.75, 3.05) is 39.6 Å². The van der Waals surface area contributed by atoms with Gasteiger partial charge in [-0.05, 0) is 31.6 Å². The molecule has 0 rings (SSSR count). The SMILES string of the molecule is CCCCCCCCCCCCCCCCCCCCC(=O)O[C@H](COC(=O)CCCCCCCCC(C)CC)COP(=O)(O)OC[C@@H](O)COP(=O)(O)OC[C@@H](COC(=O)CCCCCCC)OC(=O)CCCCCCC. The van der Waals surface area contributed by atoms with Gasteiger partial charge < -0.3 is 33.8 Å². The van der Waals surface area contributed by atoms with Crippen LogP contribution in [0.4, 0.5) is 0 Å². The molecule has 78 heavy (non-hydrogen) atoms. The number of rotatable bonds is 59. The van der Waals surface area contributed by atoms with Gasteiger partial charge in [-0.3, -0.25) is 37.3 Å². The molecule has 0 aliphatic carbocycles. The molecule has 6 atom stereocenters. The van der Waals surface area contributed by atoms with Gasteiger partial charge in [-0.1, -0.05) is 240 Å². The van der Waals surface area contributed by atoms with Gasteiger partial charge in [0.1, 0.15) is 19.3 Å². The molecule has 19 heteroatoms. The maximum absolute atomic E-state index is 12.9. The third-order valence-corrected chi connectivity index (χ3v) is 15.8.